The molecule has 4 heteroatoms. The van der Waals surface area contributed by atoms with Gasteiger partial charge in [-0.15, -0.1) is 6.42 Å². The number of hydrogen-bond acceptors (Lipinski definition) is 2. The summed E-state index contributed by atoms with van der Waals surface area (Å²) in [5.41, 5.74) is 0.521. The molecule has 1 aromatic carbocycles. The van der Waals surface area contributed by atoms with E-state index in [0.29, 0.717) is 5.56 Å². The van der Waals surface area contributed by atoms with Crippen LogP contribution in [0.3, 0.4) is 0 Å². The van der Waals surface area contributed by atoms with E-state index in [-0.39, 0.29) is 30.3 Å². The lowest BCUT2D eigenvalue weighted by Crippen LogP contribution is -2.43. The van der Waals surface area contributed by atoms with Gasteiger partial charge in [0.1, 0.15) is 0 Å². The molecule has 1 aromatic rings. The van der Waals surface area contributed by atoms with Gasteiger partial charge in [0.15, 0.2) is 0 Å². The second kappa shape index (κ2) is 7.22. The highest BCUT2D eigenvalue weighted by atomic mass is 16.2. The maximum absolute atomic E-state index is 11.7. The zero-order chi connectivity index (χ0) is 14.3. The standard InChI is InChI=1S/C15H18N2O2/c1-4-13(11(2)3)17-14(18)10-16-15(19)12-8-6-5-7-9-12/h1,5-9,11,13H,10H2,2-3H3,(H,16,19)(H,17,18). The van der Waals surface area contributed by atoms with Crippen molar-refractivity contribution in [1.29, 1.82) is 0 Å². The van der Waals surface area contributed by atoms with Gasteiger partial charge in [0.25, 0.3) is 5.91 Å². The summed E-state index contributed by atoms with van der Waals surface area (Å²) in [7, 11) is 0. The van der Waals surface area contributed by atoms with Crippen LogP contribution in [0.1, 0.15) is 24.2 Å². The average Bonchev–Trinajstić information content (AvgIpc) is 2.42. The van der Waals surface area contributed by atoms with Crippen LogP contribution in [0, 0.1) is 18.3 Å². The number of nitrogens with one attached hydrogen (secondary N) is 2. The van der Waals surface area contributed by atoms with Crippen LogP contribution in [0.2, 0.25) is 0 Å². The first-order valence-corrected chi connectivity index (χ1v) is 6.13. The summed E-state index contributed by atoms with van der Waals surface area (Å²) in [6.45, 7) is 3.76. The molecule has 2 amide bonds. The Kier molecular flexibility index (Phi) is 5.62. The predicted octanol–water partition coefficient (Wildman–Crippen LogP) is 1.19. The molecule has 0 heterocycles. The Labute approximate surface area is 113 Å². The molecule has 0 fully saturated rings. The summed E-state index contributed by atoms with van der Waals surface area (Å²) in [5.74, 6) is 2.09. The minimum absolute atomic E-state index is 0.0847. The summed E-state index contributed by atoms with van der Waals surface area (Å²) >= 11 is 0. The van der Waals surface area contributed by atoms with Gasteiger partial charge in [0, 0.05) is 5.56 Å². The zero-order valence-electron chi connectivity index (χ0n) is 11.1. The average molecular weight is 258 g/mol. The predicted molar refractivity (Wildman–Crippen MR) is 74.4 cm³/mol. The molecule has 0 aromatic heterocycles. The lowest BCUT2D eigenvalue weighted by molar-refractivity contribution is -0.120. The maximum Gasteiger partial charge on any atom is 0.251 e. The fraction of sp³-hybridized carbons (Fsp3) is 0.333. The quantitative estimate of drug-likeness (QED) is 0.779. The number of amides is 2. The van der Waals surface area contributed by atoms with Gasteiger partial charge in [0.2, 0.25) is 5.91 Å². The van der Waals surface area contributed by atoms with E-state index in [0.717, 1.165) is 0 Å². The molecule has 0 aliphatic rings. The van der Waals surface area contributed by atoms with E-state index in [9.17, 15) is 9.59 Å². The molecule has 19 heavy (non-hydrogen) atoms. The highest BCUT2D eigenvalue weighted by molar-refractivity contribution is 5.96. The Hall–Kier alpha value is -2.28. The molecule has 0 saturated carbocycles. The van der Waals surface area contributed by atoms with E-state index < -0.39 is 0 Å². The van der Waals surface area contributed by atoms with Crippen molar-refractivity contribution in [3.05, 3.63) is 35.9 Å². The third-order valence-electron chi connectivity index (χ3n) is 2.61. The minimum Gasteiger partial charge on any atom is -0.343 e. The first-order chi connectivity index (χ1) is 9.04. The molecular formula is C15H18N2O2. The van der Waals surface area contributed by atoms with E-state index in [2.05, 4.69) is 16.6 Å². The van der Waals surface area contributed by atoms with Crippen LogP contribution < -0.4 is 10.6 Å². The van der Waals surface area contributed by atoms with Crippen LogP contribution in [0.4, 0.5) is 0 Å². The third kappa shape index (κ3) is 4.84. The highest BCUT2D eigenvalue weighted by Gasteiger charge is 2.14. The Balaban J connectivity index is 2.43. The van der Waals surface area contributed by atoms with E-state index in [1.165, 1.54) is 0 Å². The van der Waals surface area contributed by atoms with Crippen molar-refractivity contribution in [2.45, 2.75) is 19.9 Å². The highest BCUT2D eigenvalue weighted by Crippen LogP contribution is 2.00. The molecule has 0 aliphatic carbocycles. The first kappa shape index (κ1) is 14.8. The van der Waals surface area contributed by atoms with Crippen LogP contribution in [0.25, 0.3) is 0 Å². The zero-order valence-corrected chi connectivity index (χ0v) is 11.1. The largest absolute Gasteiger partial charge is 0.343 e. The van der Waals surface area contributed by atoms with Crippen molar-refractivity contribution >= 4 is 11.8 Å². The summed E-state index contributed by atoms with van der Waals surface area (Å²) in [6.07, 6.45) is 5.32. The third-order valence-corrected chi connectivity index (χ3v) is 2.61. The maximum atomic E-state index is 11.7. The minimum atomic E-state index is -0.318. The summed E-state index contributed by atoms with van der Waals surface area (Å²) in [5, 5.41) is 5.23. The van der Waals surface area contributed by atoms with E-state index in [1.807, 2.05) is 19.9 Å². The lowest BCUT2D eigenvalue weighted by Gasteiger charge is -2.16. The van der Waals surface area contributed by atoms with Gasteiger partial charge >= 0.3 is 0 Å². The van der Waals surface area contributed by atoms with Crippen LogP contribution >= 0.6 is 0 Å². The molecule has 0 bridgehead atoms. The fourth-order valence-electron chi connectivity index (χ4n) is 1.48. The molecule has 1 rings (SSSR count). The van der Waals surface area contributed by atoms with Gasteiger partial charge in [-0.1, -0.05) is 38.0 Å². The van der Waals surface area contributed by atoms with Crippen molar-refractivity contribution in [3.63, 3.8) is 0 Å². The van der Waals surface area contributed by atoms with Gasteiger partial charge in [-0.3, -0.25) is 9.59 Å². The molecule has 4 nitrogen and oxygen atoms in total. The molecule has 1 atom stereocenters. The summed E-state index contributed by atoms with van der Waals surface area (Å²) < 4.78 is 0. The topological polar surface area (TPSA) is 58.2 Å². The van der Waals surface area contributed by atoms with Gasteiger partial charge in [-0.05, 0) is 18.1 Å². The van der Waals surface area contributed by atoms with Crippen molar-refractivity contribution in [1.82, 2.24) is 10.6 Å². The number of rotatable bonds is 5. The second-order valence-corrected chi connectivity index (χ2v) is 4.50. The van der Waals surface area contributed by atoms with Crippen LogP contribution in [0.5, 0.6) is 0 Å². The normalized spacial score (nSPS) is 11.5. The van der Waals surface area contributed by atoms with Gasteiger partial charge < -0.3 is 10.6 Å². The van der Waals surface area contributed by atoms with Crippen LogP contribution in [-0.4, -0.2) is 24.4 Å². The number of carbonyl (C=O) groups excluding carboxylic acids is 2. The lowest BCUT2D eigenvalue weighted by atomic mass is 10.1. The van der Waals surface area contributed by atoms with Gasteiger partial charge in [0.05, 0.1) is 12.6 Å². The Morgan fingerprint density at radius 3 is 2.42 bits per heavy atom. The molecule has 0 radical (unpaired) electrons. The number of benzene rings is 1. The van der Waals surface area contributed by atoms with Crippen molar-refractivity contribution < 1.29 is 9.59 Å². The number of terminal acetylenes is 1. The SMILES string of the molecule is C#CC(NC(=O)CNC(=O)c1ccccc1)C(C)C. The monoisotopic (exact) mass is 258 g/mol. The summed E-state index contributed by atoms with van der Waals surface area (Å²) in [6, 6.07) is 8.41. The van der Waals surface area contributed by atoms with Crippen LogP contribution in [-0.2, 0) is 4.79 Å². The van der Waals surface area contributed by atoms with Gasteiger partial charge in [-0.2, -0.15) is 0 Å². The Morgan fingerprint density at radius 2 is 1.89 bits per heavy atom. The Bertz CT molecular complexity index is 475. The molecule has 100 valence electrons. The summed E-state index contributed by atoms with van der Waals surface area (Å²) in [4.78, 5) is 23.3. The van der Waals surface area contributed by atoms with Gasteiger partial charge in [-0.25, -0.2) is 0 Å². The second-order valence-electron chi connectivity index (χ2n) is 4.50. The smallest absolute Gasteiger partial charge is 0.251 e. The Morgan fingerprint density at radius 1 is 1.26 bits per heavy atom. The van der Waals surface area contributed by atoms with Crippen molar-refractivity contribution in [2.24, 2.45) is 5.92 Å². The van der Waals surface area contributed by atoms with E-state index in [4.69, 9.17) is 6.42 Å². The number of carbonyl (C=O) groups is 2. The van der Waals surface area contributed by atoms with Crippen molar-refractivity contribution in [2.75, 3.05) is 6.54 Å². The fourth-order valence-corrected chi connectivity index (χ4v) is 1.48. The molecule has 0 saturated heterocycles. The molecular weight excluding hydrogens is 240 g/mol. The van der Waals surface area contributed by atoms with Crippen LogP contribution in [0.15, 0.2) is 30.3 Å². The molecule has 2 N–H and O–H groups in total. The van der Waals surface area contributed by atoms with E-state index in [1.54, 1.807) is 24.3 Å². The molecule has 0 spiro atoms. The first-order valence-electron chi connectivity index (χ1n) is 6.13. The van der Waals surface area contributed by atoms with Crippen molar-refractivity contribution in [3.8, 4) is 12.3 Å². The number of hydrogen-bond donors (Lipinski definition) is 2. The molecule has 0 aliphatic heterocycles. The molecule has 1 unspecified atom stereocenters. The van der Waals surface area contributed by atoms with E-state index >= 15 is 0 Å².